The van der Waals surface area contributed by atoms with Gasteiger partial charge in [-0.15, -0.1) is 0 Å². The number of likely N-dealkylation sites (tertiary alicyclic amines) is 1. The Morgan fingerprint density at radius 2 is 1.91 bits per heavy atom. The Morgan fingerprint density at radius 1 is 1.15 bits per heavy atom. The third-order valence-corrected chi connectivity index (χ3v) is 8.86. The van der Waals surface area contributed by atoms with Crippen LogP contribution in [0.5, 0.6) is 0 Å². The number of nitrogens with zero attached hydrogens (tertiary/aromatic N) is 3. The zero-order valence-electron chi connectivity index (χ0n) is 21.2. The first-order valence-corrected chi connectivity index (χ1v) is 13.6. The van der Waals surface area contributed by atoms with Crippen LogP contribution in [-0.2, 0) is 11.2 Å². The SMILES string of the molecule is CCCN1C[C@H](C(=O)N(C)C2CCCCCC2)C[C@H]2c3cccc4c3c(cn4C(C)C)C[C@H]21. The van der Waals surface area contributed by atoms with Gasteiger partial charge in [0.05, 0.1) is 5.92 Å². The molecule has 0 spiro atoms. The molecule has 1 amide bonds. The van der Waals surface area contributed by atoms with Crippen LogP contribution >= 0.6 is 0 Å². The number of fused-ring (bicyclic) bond motifs is 2. The van der Waals surface area contributed by atoms with Crippen molar-refractivity contribution in [1.82, 2.24) is 14.4 Å². The summed E-state index contributed by atoms with van der Waals surface area (Å²) in [6, 6.07) is 8.33. The van der Waals surface area contributed by atoms with E-state index in [4.69, 9.17) is 0 Å². The van der Waals surface area contributed by atoms with E-state index in [1.165, 1.54) is 60.6 Å². The summed E-state index contributed by atoms with van der Waals surface area (Å²) in [6.07, 6.45) is 13.3. The van der Waals surface area contributed by atoms with Gasteiger partial charge in [-0.1, -0.05) is 44.7 Å². The number of amides is 1. The summed E-state index contributed by atoms with van der Waals surface area (Å²) in [5.74, 6) is 0.982. The summed E-state index contributed by atoms with van der Waals surface area (Å²) >= 11 is 0. The quantitative estimate of drug-likeness (QED) is 0.513. The fourth-order valence-electron chi connectivity index (χ4n) is 7.19. The van der Waals surface area contributed by atoms with Crippen molar-refractivity contribution in [3.05, 3.63) is 35.5 Å². The smallest absolute Gasteiger partial charge is 0.226 e. The minimum absolute atomic E-state index is 0.120. The number of piperidine rings is 1. The van der Waals surface area contributed by atoms with Crippen LogP contribution in [0.3, 0.4) is 0 Å². The molecule has 2 fully saturated rings. The number of carbonyl (C=O) groups is 1. The summed E-state index contributed by atoms with van der Waals surface area (Å²) in [4.78, 5) is 18.6. The Morgan fingerprint density at radius 3 is 2.61 bits per heavy atom. The highest BCUT2D eigenvalue weighted by Crippen LogP contribution is 2.46. The van der Waals surface area contributed by atoms with Crippen LogP contribution in [0.2, 0.25) is 0 Å². The minimum atomic E-state index is 0.120. The van der Waals surface area contributed by atoms with Crippen molar-refractivity contribution in [2.75, 3.05) is 20.1 Å². The maximum absolute atomic E-state index is 13.8. The molecule has 1 saturated heterocycles. The Hall–Kier alpha value is -1.81. The maximum Gasteiger partial charge on any atom is 0.226 e. The first kappa shape index (κ1) is 23.0. The summed E-state index contributed by atoms with van der Waals surface area (Å²) in [6.45, 7) is 8.86. The largest absolute Gasteiger partial charge is 0.345 e. The summed E-state index contributed by atoms with van der Waals surface area (Å²) < 4.78 is 2.46. The lowest BCUT2D eigenvalue weighted by molar-refractivity contribution is -0.139. The van der Waals surface area contributed by atoms with E-state index < -0.39 is 0 Å². The normalized spacial score (nSPS) is 26.4. The average molecular weight is 450 g/mol. The zero-order chi connectivity index (χ0) is 23.1. The molecule has 2 aromatic rings. The molecule has 0 N–H and O–H groups in total. The van der Waals surface area contributed by atoms with Gasteiger partial charge in [0, 0.05) is 54.7 Å². The molecule has 5 rings (SSSR count). The van der Waals surface area contributed by atoms with E-state index in [-0.39, 0.29) is 5.92 Å². The lowest BCUT2D eigenvalue weighted by atomic mass is 9.72. The van der Waals surface area contributed by atoms with Crippen LogP contribution in [0.4, 0.5) is 0 Å². The van der Waals surface area contributed by atoms with Crippen LogP contribution in [0.1, 0.15) is 95.2 Å². The Balaban J connectivity index is 1.46. The summed E-state index contributed by atoms with van der Waals surface area (Å²) in [7, 11) is 2.09. The molecule has 4 heteroatoms. The lowest BCUT2D eigenvalue weighted by Gasteiger charge is -2.47. The number of hydrogen-bond acceptors (Lipinski definition) is 2. The molecule has 1 aromatic carbocycles. The van der Waals surface area contributed by atoms with E-state index in [9.17, 15) is 4.79 Å². The third-order valence-electron chi connectivity index (χ3n) is 8.86. The van der Waals surface area contributed by atoms with E-state index in [0.717, 1.165) is 32.4 Å². The van der Waals surface area contributed by atoms with Crippen molar-refractivity contribution in [3.8, 4) is 0 Å². The topological polar surface area (TPSA) is 28.5 Å². The average Bonchev–Trinajstić information content (AvgIpc) is 3.00. The lowest BCUT2D eigenvalue weighted by Crippen LogP contribution is -2.54. The van der Waals surface area contributed by atoms with E-state index in [2.05, 4.69) is 66.6 Å². The number of benzene rings is 1. The van der Waals surface area contributed by atoms with Gasteiger partial charge in [0.1, 0.15) is 0 Å². The highest BCUT2D eigenvalue weighted by molar-refractivity contribution is 5.89. The molecule has 0 bridgehead atoms. The van der Waals surface area contributed by atoms with Gasteiger partial charge in [-0.05, 0) is 69.7 Å². The van der Waals surface area contributed by atoms with Crippen molar-refractivity contribution < 1.29 is 4.79 Å². The molecule has 180 valence electrons. The number of aromatic nitrogens is 1. The van der Waals surface area contributed by atoms with Crippen molar-refractivity contribution in [2.24, 2.45) is 5.92 Å². The molecule has 1 aliphatic heterocycles. The number of rotatable bonds is 5. The minimum Gasteiger partial charge on any atom is -0.345 e. The predicted molar refractivity (Wildman–Crippen MR) is 137 cm³/mol. The van der Waals surface area contributed by atoms with E-state index in [1.54, 1.807) is 0 Å². The van der Waals surface area contributed by atoms with Gasteiger partial charge in [0.2, 0.25) is 5.91 Å². The van der Waals surface area contributed by atoms with Crippen molar-refractivity contribution in [2.45, 2.75) is 103 Å². The molecule has 33 heavy (non-hydrogen) atoms. The molecular weight excluding hydrogens is 406 g/mol. The second kappa shape index (κ2) is 9.44. The van der Waals surface area contributed by atoms with Crippen molar-refractivity contribution >= 4 is 16.8 Å². The molecule has 2 heterocycles. The maximum atomic E-state index is 13.8. The van der Waals surface area contributed by atoms with E-state index in [1.807, 2.05) is 0 Å². The molecule has 2 aliphatic carbocycles. The van der Waals surface area contributed by atoms with Gasteiger partial charge in [-0.2, -0.15) is 0 Å². The van der Waals surface area contributed by atoms with Crippen LogP contribution in [-0.4, -0.2) is 52.5 Å². The Labute approximate surface area is 200 Å². The Kier molecular flexibility index (Phi) is 6.57. The highest BCUT2D eigenvalue weighted by Gasteiger charge is 2.43. The van der Waals surface area contributed by atoms with Gasteiger partial charge in [-0.25, -0.2) is 0 Å². The molecule has 1 aromatic heterocycles. The fourth-order valence-corrected chi connectivity index (χ4v) is 7.19. The van der Waals surface area contributed by atoms with Crippen LogP contribution < -0.4 is 0 Å². The molecule has 0 radical (unpaired) electrons. The second-order valence-electron chi connectivity index (χ2n) is 11.3. The standard InChI is InChI=1S/C29H43N3O/c1-5-15-31-18-22(29(33)30(4)23-11-8-6-7-9-12-23)16-25-24-13-10-14-26-28(24)21(17-27(25)31)19-32(26)20(2)3/h10,13-14,19-20,22-23,25,27H,5-9,11-12,15-18H2,1-4H3/t22-,25+,27-/m1/s1. The first-order chi connectivity index (χ1) is 16.0. The second-order valence-corrected chi connectivity index (χ2v) is 11.3. The number of hydrogen-bond donors (Lipinski definition) is 0. The number of carbonyl (C=O) groups excluding carboxylic acids is 1. The summed E-state index contributed by atoms with van der Waals surface area (Å²) in [5.41, 5.74) is 4.38. The molecule has 3 aliphatic rings. The highest BCUT2D eigenvalue weighted by atomic mass is 16.2. The molecule has 1 saturated carbocycles. The van der Waals surface area contributed by atoms with Gasteiger partial charge >= 0.3 is 0 Å². The third kappa shape index (κ3) is 4.13. The molecular formula is C29H43N3O. The van der Waals surface area contributed by atoms with Crippen molar-refractivity contribution in [1.29, 1.82) is 0 Å². The predicted octanol–water partition coefficient (Wildman–Crippen LogP) is 6.14. The van der Waals surface area contributed by atoms with Gasteiger partial charge in [0.25, 0.3) is 0 Å². The summed E-state index contributed by atoms with van der Waals surface area (Å²) in [5, 5.41) is 1.48. The van der Waals surface area contributed by atoms with E-state index >= 15 is 0 Å². The van der Waals surface area contributed by atoms with Gasteiger partial charge < -0.3 is 9.47 Å². The fraction of sp³-hybridized carbons (Fsp3) is 0.690. The molecule has 4 nitrogen and oxygen atoms in total. The Bertz CT molecular complexity index is 984. The van der Waals surface area contributed by atoms with Gasteiger partial charge in [-0.3, -0.25) is 9.69 Å². The van der Waals surface area contributed by atoms with Crippen molar-refractivity contribution in [3.63, 3.8) is 0 Å². The van der Waals surface area contributed by atoms with E-state index in [0.29, 0.717) is 30.0 Å². The monoisotopic (exact) mass is 449 g/mol. The molecule has 0 unspecified atom stereocenters. The van der Waals surface area contributed by atoms with Crippen LogP contribution in [0, 0.1) is 5.92 Å². The zero-order valence-corrected chi connectivity index (χ0v) is 21.2. The van der Waals surface area contributed by atoms with Crippen LogP contribution in [0.25, 0.3) is 10.9 Å². The first-order valence-electron chi connectivity index (χ1n) is 13.6. The van der Waals surface area contributed by atoms with Gasteiger partial charge in [0.15, 0.2) is 0 Å². The molecule has 3 atom stereocenters. The van der Waals surface area contributed by atoms with Crippen LogP contribution in [0.15, 0.2) is 24.4 Å².